The minimum atomic E-state index is -0.842. The van der Waals surface area contributed by atoms with Gasteiger partial charge in [0.1, 0.15) is 0 Å². The van der Waals surface area contributed by atoms with Crippen molar-refractivity contribution in [3.63, 3.8) is 0 Å². The molecule has 0 spiro atoms. The fourth-order valence-electron chi connectivity index (χ4n) is 11.6. The number of carbonyl (C=O) groups excluding carboxylic acids is 2. The summed E-state index contributed by atoms with van der Waals surface area (Å²) in [6.45, 7) is 4.95. The number of aliphatic hydroxyl groups is 2. The molecule has 0 aromatic rings. The van der Waals surface area contributed by atoms with Crippen molar-refractivity contribution in [1.29, 1.82) is 0 Å². The third-order valence-electron chi connectivity index (χ3n) is 17.1. The Morgan fingerprint density at radius 2 is 0.590 bits per heavy atom. The zero-order valence-electron chi connectivity index (χ0n) is 53.2. The predicted octanol–water partition coefficient (Wildman–Crippen LogP) is 23.1. The molecule has 0 fully saturated rings. The number of rotatable bonds is 68. The summed E-state index contributed by atoms with van der Waals surface area (Å²) in [6, 6.07) is -0.625. The number of hydrogen-bond acceptors (Lipinski definition) is 5. The molecule has 0 aliphatic carbocycles. The van der Waals surface area contributed by atoms with E-state index < -0.39 is 12.1 Å². The average molecular weight is 1100 g/mol. The average Bonchev–Trinajstić information content (AvgIpc) is 3.44. The van der Waals surface area contributed by atoms with Gasteiger partial charge in [0.05, 0.1) is 25.4 Å². The maximum atomic E-state index is 12.5. The lowest BCUT2D eigenvalue weighted by Gasteiger charge is -2.20. The Labute approximate surface area is 489 Å². The van der Waals surface area contributed by atoms with E-state index in [1.54, 1.807) is 6.08 Å². The first-order valence-electron chi connectivity index (χ1n) is 36.0. The van der Waals surface area contributed by atoms with Gasteiger partial charge in [-0.05, 0) is 32.1 Å². The van der Waals surface area contributed by atoms with Crippen LogP contribution in [0.4, 0.5) is 0 Å². The maximum Gasteiger partial charge on any atom is 0.305 e. The van der Waals surface area contributed by atoms with Gasteiger partial charge in [-0.3, -0.25) is 9.59 Å². The topological polar surface area (TPSA) is 95.9 Å². The van der Waals surface area contributed by atoms with Gasteiger partial charge in [0.25, 0.3) is 0 Å². The van der Waals surface area contributed by atoms with E-state index in [1.165, 1.54) is 347 Å². The number of esters is 1. The molecule has 464 valence electrons. The monoisotopic (exact) mass is 1100 g/mol. The molecule has 3 N–H and O–H groups in total. The number of aliphatic hydroxyl groups excluding tert-OH is 2. The first kappa shape index (κ1) is 76.6. The van der Waals surface area contributed by atoms with E-state index in [0.717, 1.165) is 38.5 Å². The summed E-state index contributed by atoms with van der Waals surface area (Å²) >= 11 is 0. The standard InChI is InChI=1S/C72H141NO5/c1-3-5-7-9-11-13-15-17-19-21-30-34-38-42-46-50-54-58-62-66-72(77)78-67-63-59-55-51-47-43-39-35-32-29-27-25-23-22-24-26-28-31-33-37-41-45-49-53-57-61-65-71(76)73-69(68-74)70(75)64-60-56-52-48-44-40-36-20-18-16-14-12-10-8-6-4-2/h60,64,69-70,74-75H,3-59,61-63,65-68H2,1-2H3,(H,73,76)/b64-60+. The van der Waals surface area contributed by atoms with Crippen molar-refractivity contribution in [3.8, 4) is 0 Å². The van der Waals surface area contributed by atoms with Crippen molar-refractivity contribution in [1.82, 2.24) is 5.32 Å². The van der Waals surface area contributed by atoms with Crippen LogP contribution in [-0.4, -0.2) is 47.4 Å². The largest absolute Gasteiger partial charge is 0.466 e. The van der Waals surface area contributed by atoms with Crippen LogP contribution in [0.3, 0.4) is 0 Å². The van der Waals surface area contributed by atoms with Crippen molar-refractivity contribution in [2.75, 3.05) is 13.2 Å². The molecule has 2 unspecified atom stereocenters. The van der Waals surface area contributed by atoms with Crippen molar-refractivity contribution >= 4 is 11.9 Å². The Bertz CT molecular complexity index is 1180. The molecule has 1 amide bonds. The molecular weight excluding hydrogens is 959 g/mol. The lowest BCUT2D eigenvalue weighted by atomic mass is 10.0. The van der Waals surface area contributed by atoms with E-state index in [1.807, 2.05) is 6.08 Å². The molecule has 0 aromatic heterocycles. The minimum Gasteiger partial charge on any atom is -0.466 e. The SMILES string of the molecule is CCCCCCCCCCCCCCCC/C=C/C(O)C(CO)NC(=O)CCCCCCCCCCCCCCCCCCCCCCCCCCCCOC(=O)CCCCCCCCCCCCCCCCCCCCC. The van der Waals surface area contributed by atoms with Gasteiger partial charge < -0.3 is 20.3 Å². The van der Waals surface area contributed by atoms with Crippen molar-refractivity contribution in [3.05, 3.63) is 12.2 Å². The number of ether oxygens (including phenoxy) is 1. The van der Waals surface area contributed by atoms with Gasteiger partial charge in [-0.1, -0.05) is 379 Å². The lowest BCUT2D eigenvalue weighted by molar-refractivity contribution is -0.143. The molecule has 0 rings (SSSR count). The second-order valence-electron chi connectivity index (χ2n) is 24.9. The second-order valence-corrected chi connectivity index (χ2v) is 24.9. The molecule has 6 nitrogen and oxygen atoms in total. The van der Waals surface area contributed by atoms with Gasteiger partial charge in [0.2, 0.25) is 5.91 Å². The molecule has 2 atom stereocenters. The van der Waals surface area contributed by atoms with Gasteiger partial charge in [0, 0.05) is 12.8 Å². The van der Waals surface area contributed by atoms with Gasteiger partial charge >= 0.3 is 5.97 Å². The highest BCUT2D eigenvalue weighted by Gasteiger charge is 2.18. The van der Waals surface area contributed by atoms with Crippen molar-refractivity contribution < 1.29 is 24.5 Å². The number of unbranched alkanes of at least 4 members (excludes halogenated alkanes) is 57. The smallest absolute Gasteiger partial charge is 0.305 e. The number of hydrogen-bond donors (Lipinski definition) is 3. The molecule has 0 bridgehead atoms. The fourth-order valence-corrected chi connectivity index (χ4v) is 11.6. The van der Waals surface area contributed by atoms with Crippen LogP contribution in [0.15, 0.2) is 12.2 Å². The van der Waals surface area contributed by atoms with Gasteiger partial charge in [-0.25, -0.2) is 0 Å². The first-order chi connectivity index (χ1) is 38.5. The third kappa shape index (κ3) is 63.8. The van der Waals surface area contributed by atoms with Crippen LogP contribution in [0.5, 0.6) is 0 Å². The molecule has 0 radical (unpaired) electrons. The summed E-state index contributed by atoms with van der Waals surface area (Å²) in [7, 11) is 0. The Morgan fingerprint density at radius 1 is 0.346 bits per heavy atom. The lowest BCUT2D eigenvalue weighted by Crippen LogP contribution is -2.45. The summed E-state index contributed by atoms with van der Waals surface area (Å²) in [5.74, 6) is -0.0396. The Hall–Kier alpha value is -1.40. The Balaban J connectivity index is 3.34. The van der Waals surface area contributed by atoms with Crippen LogP contribution in [-0.2, 0) is 14.3 Å². The van der Waals surface area contributed by atoms with Crippen LogP contribution < -0.4 is 5.32 Å². The van der Waals surface area contributed by atoms with Crippen LogP contribution in [0.2, 0.25) is 0 Å². The van der Waals surface area contributed by atoms with E-state index in [0.29, 0.717) is 19.4 Å². The molecule has 0 aromatic carbocycles. The zero-order valence-corrected chi connectivity index (χ0v) is 53.2. The summed E-state index contributed by atoms with van der Waals surface area (Å²) in [4.78, 5) is 24.6. The molecular formula is C72H141NO5. The highest BCUT2D eigenvalue weighted by molar-refractivity contribution is 5.76. The summed E-state index contributed by atoms with van der Waals surface area (Å²) in [5, 5.41) is 23.2. The summed E-state index contributed by atoms with van der Waals surface area (Å²) < 4.78 is 5.52. The van der Waals surface area contributed by atoms with Crippen LogP contribution in [0.25, 0.3) is 0 Å². The minimum absolute atomic E-state index is 0.0227. The van der Waals surface area contributed by atoms with E-state index in [4.69, 9.17) is 4.74 Å². The van der Waals surface area contributed by atoms with Gasteiger partial charge in [-0.2, -0.15) is 0 Å². The van der Waals surface area contributed by atoms with Crippen LogP contribution in [0.1, 0.15) is 412 Å². The molecule has 6 heteroatoms. The predicted molar refractivity (Wildman–Crippen MR) is 343 cm³/mol. The number of amides is 1. The fraction of sp³-hybridized carbons (Fsp3) is 0.944. The zero-order chi connectivity index (χ0) is 56.4. The maximum absolute atomic E-state index is 12.5. The summed E-state index contributed by atoms with van der Waals surface area (Å²) in [5.41, 5.74) is 0. The van der Waals surface area contributed by atoms with E-state index in [-0.39, 0.29) is 18.5 Å². The second kappa shape index (κ2) is 68.1. The van der Waals surface area contributed by atoms with Gasteiger partial charge in [0.15, 0.2) is 0 Å². The number of allylic oxidation sites excluding steroid dienone is 1. The molecule has 0 heterocycles. The van der Waals surface area contributed by atoms with Crippen molar-refractivity contribution in [2.45, 2.75) is 424 Å². The number of carbonyl (C=O) groups is 2. The van der Waals surface area contributed by atoms with Gasteiger partial charge in [-0.15, -0.1) is 0 Å². The highest BCUT2D eigenvalue weighted by Crippen LogP contribution is 2.19. The van der Waals surface area contributed by atoms with Crippen molar-refractivity contribution in [2.24, 2.45) is 0 Å². The molecule has 0 aliphatic heterocycles. The Kier molecular flexibility index (Phi) is 66.9. The molecule has 0 aliphatic rings. The highest BCUT2D eigenvalue weighted by atomic mass is 16.5. The number of nitrogens with one attached hydrogen (secondary N) is 1. The van der Waals surface area contributed by atoms with Crippen LogP contribution in [0, 0.1) is 0 Å². The molecule has 78 heavy (non-hydrogen) atoms. The quantitative estimate of drug-likeness (QED) is 0.0320. The van der Waals surface area contributed by atoms with Crippen LogP contribution >= 0.6 is 0 Å². The molecule has 0 saturated carbocycles. The Morgan fingerprint density at radius 3 is 0.872 bits per heavy atom. The first-order valence-corrected chi connectivity index (χ1v) is 36.0. The van der Waals surface area contributed by atoms with E-state index in [9.17, 15) is 19.8 Å². The summed E-state index contributed by atoms with van der Waals surface area (Å²) in [6.07, 6.45) is 84.4. The normalized spacial score (nSPS) is 12.5. The molecule has 0 saturated heterocycles. The third-order valence-corrected chi connectivity index (χ3v) is 17.1. The van der Waals surface area contributed by atoms with E-state index >= 15 is 0 Å². The van der Waals surface area contributed by atoms with E-state index in [2.05, 4.69) is 19.2 Å².